The fourth-order valence-electron chi connectivity index (χ4n) is 2.04. The highest BCUT2D eigenvalue weighted by atomic mass is 35.5. The minimum Gasteiger partial charge on any atom is -0.323 e. The van der Waals surface area contributed by atoms with E-state index in [0.29, 0.717) is 0 Å². The summed E-state index contributed by atoms with van der Waals surface area (Å²) in [6.45, 7) is 2.77. The van der Waals surface area contributed by atoms with Crippen molar-refractivity contribution in [2.75, 3.05) is 11.9 Å². The lowest BCUT2D eigenvalue weighted by molar-refractivity contribution is -0.120. The van der Waals surface area contributed by atoms with E-state index in [1.165, 1.54) is 12.1 Å². The van der Waals surface area contributed by atoms with Crippen LogP contribution in [0, 0.1) is 11.7 Å². The molecular formula is C12H14ClFN2O. The highest BCUT2D eigenvalue weighted by molar-refractivity contribution is 6.31. The summed E-state index contributed by atoms with van der Waals surface area (Å²) in [4.78, 5) is 11.9. The van der Waals surface area contributed by atoms with E-state index < -0.39 is 5.82 Å². The molecule has 1 aliphatic rings. The van der Waals surface area contributed by atoms with Crippen molar-refractivity contribution in [1.29, 1.82) is 0 Å². The van der Waals surface area contributed by atoms with Crippen LogP contribution in [0.5, 0.6) is 0 Å². The molecule has 2 N–H and O–H groups in total. The molecule has 0 saturated carbocycles. The van der Waals surface area contributed by atoms with E-state index >= 15 is 0 Å². The minimum absolute atomic E-state index is 0.0143. The van der Waals surface area contributed by atoms with Gasteiger partial charge in [0.1, 0.15) is 0 Å². The third-order valence-electron chi connectivity index (χ3n) is 3.07. The van der Waals surface area contributed by atoms with Crippen molar-refractivity contribution in [3.8, 4) is 0 Å². The summed E-state index contributed by atoms with van der Waals surface area (Å²) in [6.07, 6.45) is 0.773. The quantitative estimate of drug-likeness (QED) is 0.853. The molecule has 92 valence electrons. The molecule has 1 aliphatic heterocycles. The number of halogens is 2. The summed E-state index contributed by atoms with van der Waals surface area (Å²) in [5.74, 6) is -0.863. The normalized spacial score (nSPS) is 23.7. The van der Waals surface area contributed by atoms with E-state index in [1.807, 2.05) is 6.92 Å². The van der Waals surface area contributed by atoms with Gasteiger partial charge in [-0.1, -0.05) is 17.7 Å². The van der Waals surface area contributed by atoms with Gasteiger partial charge in [0.25, 0.3) is 0 Å². The Kier molecular flexibility index (Phi) is 3.64. The first-order valence-electron chi connectivity index (χ1n) is 5.58. The molecule has 1 heterocycles. The number of anilines is 1. The van der Waals surface area contributed by atoms with Crippen LogP contribution in [0.4, 0.5) is 10.1 Å². The molecule has 2 atom stereocenters. The molecule has 5 heteroatoms. The van der Waals surface area contributed by atoms with Crippen LogP contribution in [-0.2, 0) is 4.79 Å². The van der Waals surface area contributed by atoms with Crippen molar-refractivity contribution < 1.29 is 9.18 Å². The Hall–Kier alpha value is -1.13. The minimum atomic E-state index is -0.582. The lowest BCUT2D eigenvalue weighted by Gasteiger charge is -2.15. The van der Waals surface area contributed by atoms with Crippen LogP contribution >= 0.6 is 11.6 Å². The topological polar surface area (TPSA) is 41.1 Å². The predicted octanol–water partition coefficient (Wildman–Crippen LogP) is 2.42. The molecule has 0 aliphatic carbocycles. The van der Waals surface area contributed by atoms with Crippen molar-refractivity contribution in [1.82, 2.24) is 5.32 Å². The van der Waals surface area contributed by atoms with Crippen LogP contribution in [0.15, 0.2) is 18.2 Å². The first-order chi connectivity index (χ1) is 8.09. The monoisotopic (exact) mass is 256 g/mol. The van der Waals surface area contributed by atoms with E-state index in [9.17, 15) is 9.18 Å². The number of hydrogen-bond acceptors (Lipinski definition) is 2. The maximum Gasteiger partial charge on any atom is 0.229 e. The van der Waals surface area contributed by atoms with E-state index in [2.05, 4.69) is 10.6 Å². The van der Waals surface area contributed by atoms with Gasteiger partial charge >= 0.3 is 0 Å². The molecule has 17 heavy (non-hydrogen) atoms. The number of carbonyl (C=O) groups is 1. The second-order valence-corrected chi connectivity index (χ2v) is 4.64. The molecule has 1 saturated heterocycles. The van der Waals surface area contributed by atoms with Gasteiger partial charge in [0.05, 0.1) is 16.6 Å². The number of carbonyl (C=O) groups excluding carboxylic acids is 1. The highest BCUT2D eigenvalue weighted by Crippen LogP contribution is 2.24. The molecule has 2 unspecified atom stereocenters. The Bertz CT molecular complexity index is 439. The summed E-state index contributed by atoms with van der Waals surface area (Å²) in [7, 11) is 0. The first kappa shape index (κ1) is 12.3. The maximum absolute atomic E-state index is 13.6. The summed E-state index contributed by atoms with van der Waals surface area (Å²) in [5.41, 5.74) is 0.140. The fraction of sp³-hybridized carbons (Fsp3) is 0.417. The van der Waals surface area contributed by atoms with Crippen LogP contribution in [-0.4, -0.2) is 18.5 Å². The van der Waals surface area contributed by atoms with E-state index in [1.54, 1.807) is 6.07 Å². The van der Waals surface area contributed by atoms with E-state index in [0.717, 1.165) is 13.0 Å². The summed E-state index contributed by atoms with van der Waals surface area (Å²) in [6, 6.07) is 4.69. The zero-order valence-corrected chi connectivity index (χ0v) is 10.2. The SMILES string of the molecule is CC1NCCC1C(=O)Nc1cccc(Cl)c1F. The van der Waals surface area contributed by atoms with E-state index in [4.69, 9.17) is 11.6 Å². The van der Waals surface area contributed by atoms with Crippen LogP contribution in [0.1, 0.15) is 13.3 Å². The average Bonchev–Trinajstić information content (AvgIpc) is 2.71. The molecule has 3 nitrogen and oxygen atoms in total. The van der Waals surface area contributed by atoms with Gasteiger partial charge in [0.15, 0.2) is 5.82 Å². The molecule has 0 radical (unpaired) electrons. The zero-order chi connectivity index (χ0) is 12.4. The maximum atomic E-state index is 13.6. The van der Waals surface area contributed by atoms with Crippen LogP contribution in [0.2, 0.25) is 5.02 Å². The lowest BCUT2D eigenvalue weighted by Crippen LogP contribution is -2.32. The Morgan fingerprint density at radius 3 is 3.00 bits per heavy atom. The van der Waals surface area contributed by atoms with Crippen molar-refractivity contribution in [3.63, 3.8) is 0 Å². The van der Waals surface area contributed by atoms with Gasteiger partial charge in [0.2, 0.25) is 5.91 Å². The third kappa shape index (κ3) is 2.58. The van der Waals surface area contributed by atoms with Crippen LogP contribution in [0.25, 0.3) is 0 Å². The van der Waals surface area contributed by atoms with E-state index in [-0.39, 0.29) is 28.6 Å². The number of amides is 1. The van der Waals surface area contributed by atoms with Gasteiger partial charge in [-0.3, -0.25) is 4.79 Å². The van der Waals surface area contributed by atoms with Gasteiger partial charge in [0, 0.05) is 6.04 Å². The average molecular weight is 257 g/mol. The van der Waals surface area contributed by atoms with Crippen molar-refractivity contribution in [2.45, 2.75) is 19.4 Å². The number of hydrogen-bond donors (Lipinski definition) is 2. The summed E-state index contributed by atoms with van der Waals surface area (Å²) < 4.78 is 13.6. The van der Waals surface area contributed by atoms with Gasteiger partial charge in [-0.15, -0.1) is 0 Å². The smallest absolute Gasteiger partial charge is 0.229 e. The molecular weight excluding hydrogens is 243 g/mol. The zero-order valence-electron chi connectivity index (χ0n) is 9.47. The summed E-state index contributed by atoms with van der Waals surface area (Å²) >= 11 is 5.65. The molecule has 0 bridgehead atoms. The predicted molar refractivity (Wildman–Crippen MR) is 65.6 cm³/mol. The lowest BCUT2D eigenvalue weighted by atomic mass is 10.0. The molecule has 0 spiro atoms. The number of nitrogens with one attached hydrogen (secondary N) is 2. The Labute approximate surface area is 104 Å². The molecule has 1 amide bonds. The second kappa shape index (κ2) is 5.02. The molecule has 1 fully saturated rings. The van der Waals surface area contributed by atoms with Gasteiger partial charge in [-0.25, -0.2) is 4.39 Å². The Morgan fingerprint density at radius 2 is 2.35 bits per heavy atom. The standard InChI is InChI=1S/C12H14ClFN2O/c1-7-8(5-6-15-7)12(17)16-10-4-2-3-9(13)11(10)14/h2-4,7-8,15H,5-6H2,1H3,(H,16,17). The third-order valence-corrected chi connectivity index (χ3v) is 3.36. The largest absolute Gasteiger partial charge is 0.323 e. The Balaban J connectivity index is 2.10. The molecule has 2 rings (SSSR count). The van der Waals surface area contributed by atoms with Gasteiger partial charge < -0.3 is 10.6 Å². The fourth-order valence-corrected chi connectivity index (χ4v) is 2.22. The van der Waals surface area contributed by atoms with Gasteiger partial charge in [-0.05, 0) is 32.0 Å². The van der Waals surface area contributed by atoms with Crippen LogP contribution < -0.4 is 10.6 Å². The molecule has 1 aromatic carbocycles. The summed E-state index contributed by atoms with van der Waals surface area (Å²) in [5, 5.41) is 5.78. The Morgan fingerprint density at radius 1 is 1.59 bits per heavy atom. The number of rotatable bonds is 2. The molecule has 0 aromatic heterocycles. The van der Waals surface area contributed by atoms with Crippen molar-refractivity contribution >= 4 is 23.2 Å². The van der Waals surface area contributed by atoms with Gasteiger partial charge in [-0.2, -0.15) is 0 Å². The molecule has 1 aromatic rings. The first-order valence-corrected chi connectivity index (χ1v) is 5.95. The van der Waals surface area contributed by atoms with Crippen molar-refractivity contribution in [3.05, 3.63) is 29.0 Å². The van der Waals surface area contributed by atoms with Crippen molar-refractivity contribution in [2.24, 2.45) is 5.92 Å². The second-order valence-electron chi connectivity index (χ2n) is 4.23. The number of benzene rings is 1. The van der Waals surface area contributed by atoms with Crippen LogP contribution in [0.3, 0.4) is 0 Å². The highest BCUT2D eigenvalue weighted by Gasteiger charge is 2.29.